The van der Waals surface area contributed by atoms with Gasteiger partial charge in [-0.1, -0.05) is 20.8 Å². The molecule has 1 fully saturated rings. The van der Waals surface area contributed by atoms with Crippen LogP contribution in [0.25, 0.3) is 11.7 Å². The summed E-state index contributed by atoms with van der Waals surface area (Å²) in [6.07, 6.45) is 5.05. The molecule has 40 heavy (non-hydrogen) atoms. The number of anilines is 2. The van der Waals surface area contributed by atoms with Crippen LogP contribution in [0.1, 0.15) is 55.2 Å². The lowest BCUT2D eigenvalue weighted by molar-refractivity contribution is -0.131. The Morgan fingerprint density at radius 3 is 2.62 bits per heavy atom. The number of urea groups is 1. The molecule has 212 valence electrons. The van der Waals surface area contributed by atoms with Crippen molar-refractivity contribution in [2.45, 2.75) is 45.1 Å². The van der Waals surface area contributed by atoms with Crippen molar-refractivity contribution in [1.82, 2.24) is 24.6 Å². The fourth-order valence-corrected chi connectivity index (χ4v) is 5.19. The molecule has 0 saturated carbocycles. The molecule has 0 aromatic carbocycles. The number of pyridine rings is 1. The predicted octanol–water partition coefficient (Wildman–Crippen LogP) is 3.04. The van der Waals surface area contributed by atoms with E-state index in [2.05, 4.69) is 15.6 Å². The number of carbonyl (C=O) groups excluding carboxylic acids is 2. The van der Waals surface area contributed by atoms with Crippen LogP contribution in [0.5, 0.6) is 0 Å². The molecule has 1 saturated heterocycles. The van der Waals surface area contributed by atoms with Gasteiger partial charge in [0.25, 0.3) is 11.5 Å². The third-order valence-corrected chi connectivity index (χ3v) is 7.21. The van der Waals surface area contributed by atoms with Crippen LogP contribution >= 0.6 is 11.3 Å². The van der Waals surface area contributed by atoms with E-state index in [4.69, 9.17) is 4.98 Å². The SMILES string of the molecule is CN(C)C(=O)NC1CCCN(c2nc3cc(C(=O)Nc4nc(C(C)(C)C)cs4)ccn3c(=O)c2C=CC(=O)O)C1. The summed E-state index contributed by atoms with van der Waals surface area (Å²) >= 11 is 1.33. The van der Waals surface area contributed by atoms with Gasteiger partial charge in [-0.05, 0) is 31.1 Å². The van der Waals surface area contributed by atoms with Crippen molar-refractivity contribution in [3.63, 3.8) is 0 Å². The summed E-state index contributed by atoms with van der Waals surface area (Å²) in [4.78, 5) is 62.5. The quantitative estimate of drug-likeness (QED) is 0.385. The Morgan fingerprint density at radius 2 is 1.98 bits per heavy atom. The van der Waals surface area contributed by atoms with E-state index >= 15 is 0 Å². The number of hydrogen-bond acceptors (Lipinski definition) is 8. The summed E-state index contributed by atoms with van der Waals surface area (Å²) < 4.78 is 1.28. The lowest BCUT2D eigenvalue weighted by Gasteiger charge is -2.35. The second-order valence-corrected chi connectivity index (χ2v) is 11.7. The Hall–Kier alpha value is -4.26. The van der Waals surface area contributed by atoms with E-state index < -0.39 is 17.4 Å². The number of hydrogen-bond donors (Lipinski definition) is 3. The Kier molecular flexibility index (Phi) is 8.24. The van der Waals surface area contributed by atoms with Crippen molar-refractivity contribution in [2.75, 3.05) is 37.4 Å². The summed E-state index contributed by atoms with van der Waals surface area (Å²) in [5.74, 6) is -1.31. The van der Waals surface area contributed by atoms with Crippen molar-refractivity contribution in [1.29, 1.82) is 0 Å². The van der Waals surface area contributed by atoms with Crippen LogP contribution < -0.4 is 21.1 Å². The second kappa shape index (κ2) is 11.5. The van der Waals surface area contributed by atoms with Crippen molar-refractivity contribution >= 4 is 51.9 Å². The first-order valence-electron chi connectivity index (χ1n) is 12.8. The highest BCUT2D eigenvalue weighted by atomic mass is 32.1. The highest BCUT2D eigenvalue weighted by Crippen LogP contribution is 2.27. The van der Waals surface area contributed by atoms with Gasteiger partial charge in [-0.15, -0.1) is 11.3 Å². The molecule has 3 aromatic heterocycles. The zero-order valence-electron chi connectivity index (χ0n) is 23.1. The summed E-state index contributed by atoms with van der Waals surface area (Å²) in [7, 11) is 3.31. The zero-order chi connectivity index (χ0) is 29.2. The van der Waals surface area contributed by atoms with E-state index in [9.17, 15) is 24.3 Å². The number of rotatable bonds is 6. The zero-order valence-corrected chi connectivity index (χ0v) is 23.9. The monoisotopic (exact) mass is 567 g/mol. The number of carboxylic acids is 1. The minimum atomic E-state index is -1.20. The average molecular weight is 568 g/mol. The average Bonchev–Trinajstić information content (AvgIpc) is 3.37. The number of aliphatic carboxylic acids is 1. The van der Waals surface area contributed by atoms with Gasteiger partial charge >= 0.3 is 12.0 Å². The van der Waals surface area contributed by atoms with Gasteiger partial charge in [0.15, 0.2) is 5.13 Å². The fourth-order valence-electron chi connectivity index (χ4n) is 4.26. The van der Waals surface area contributed by atoms with Crippen LogP contribution in [0, 0.1) is 0 Å². The van der Waals surface area contributed by atoms with Gasteiger partial charge in [-0.2, -0.15) is 0 Å². The minimum absolute atomic E-state index is 0.106. The summed E-state index contributed by atoms with van der Waals surface area (Å²) in [5.41, 5.74) is 0.864. The van der Waals surface area contributed by atoms with Gasteiger partial charge in [0.05, 0.1) is 11.3 Å². The molecule has 0 bridgehead atoms. The largest absolute Gasteiger partial charge is 0.478 e. The Bertz CT molecular complexity index is 1540. The molecule has 0 spiro atoms. The molecule has 4 rings (SSSR count). The standard InChI is InChI=1S/C27H33N7O5S/c1-27(2,3)19-15-40-25(29-19)31-23(37)16-10-12-34-20(13-16)30-22(18(24(34)38)8-9-21(35)36)33-11-6-7-17(14-33)28-26(39)32(4)5/h8-10,12-13,15,17H,6-7,11,14H2,1-5H3,(H,28,39)(H,35,36)(H,29,31,37). The van der Waals surface area contributed by atoms with Crippen LogP contribution in [0.2, 0.25) is 0 Å². The first-order chi connectivity index (χ1) is 18.8. The van der Waals surface area contributed by atoms with Crippen LogP contribution in [0.15, 0.2) is 34.6 Å². The number of carbonyl (C=O) groups is 3. The summed E-state index contributed by atoms with van der Waals surface area (Å²) in [6.45, 7) is 7.07. The maximum absolute atomic E-state index is 13.5. The van der Waals surface area contributed by atoms with E-state index in [1.807, 2.05) is 31.1 Å². The Labute approximate surface area is 235 Å². The lowest BCUT2D eigenvalue weighted by Crippen LogP contribution is -2.50. The molecule has 0 radical (unpaired) electrons. The maximum Gasteiger partial charge on any atom is 0.328 e. The smallest absolute Gasteiger partial charge is 0.328 e. The molecule has 1 atom stereocenters. The summed E-state index contributed by atoms with van der Waals surface area (Å²) in [6, 6.07) is 2.60. The van der Waals surface area contributed by atoms with Crippen molar-refractivity contribution in [3.8, 4) is 0 Å². The number of nitrogens with zero attached hydrogens (tertiary/aromatic N) is 5. The Balaban J connectivity index is 1.70. The molecular weight excluding hydrogens is 534 g/mol. The molecule has 12 nitrogen and oxygen atoms in total. The summed E-state index contributed by atoms with van der Waals surface area (Å²) in [5, 5.41) is 17.3. The van der Waals surface area contributed by atoms with Crippen LogP contribution in [-0.4, -0.2) is 75.5 Å². The number of amides is 3. The van der Waals surface area contributed by atoms with Crippen molar-refractivity contribution in [3.05, 3.63) is 57.0 Å². The number of carboxylic acid groups (broad SMARTS) is 1. The van der Waals surface area contributed by atoms with E-state index in [0.717, 1.165) is 24.6 Å². The van der Waals surface area contributed by atoms with Gasteiger partial charge in [0, 0.05) is 61.9 Å². The van der Waals surface area contributed by atoms with E-state index in [1.165, 1.54) is 45.0 Å². The molecule has 3 N–H and O–H groups in total. The third kappa shape index (κ3) is 6.47. The van der Waals surface area contributed by atoms with Crippen molar-refractivity contribution in [2.24, 2.45) is 0 Å². The topological polar surface area (TPSA) is 149 Å². The number of nitrogens with one attached hydrogen (secondary N) is 2. The van der Waals surface area contributed by atoms with Crippen LogP contribution in [0.3, 0.4) is 0 Å². The molecule has 4 heterocycles. The van der Waals surface area contributed by atoms with Gasteiger partial charge < -0.3 is 20.2 Å². The molecule has 3 amide bonds. The first kappa shape index (κ1) is 28.7. The predicted molar refractivity (Wildman–Crippen MR) is 154 cm³/mol. The number of aromatic nitrogens is 3. The molecular formula is C27H33N7O5S. The van der Waals surface area contributed by atoms with E-state index in [-0.39, 0.29) is 34.3 Å². The van der Waals surface area contributed by atoms with E-state index in [1.54, 1.807) is 14.1 Å². The molecule has 3 aromatic rings. The Morgan fingerprint density at radius 1 is 1.23 bits per heavy atom. The molecule has 13 heteroatoms. The van der Waals surface area contributed by atoms with E-state index in [0.29, 0.717) is 24.0 Å². The van der Waals surface area contributed by atoms with Gasteiger partial charge in [0.2, 0.25) is 0 Å². The molecule has 1 aliphatic heterocycles. The van der Waals surface area contributed by atoms with Gasteiger partial charge in [-0.3, -0.25) is 19.3 Å². The fraction of sp³-hybridized carbons (Fsp3) is 0.407. The highest BCUT2D eigenvalue weighted by molar-refractivity contribution is 7.14. The minimum Gasteiger partial charge on any atom is -0.478 e. The molecule has 1 aliphatic rings. The third-order valence-electron chi connectivity index (χ3n) is 6.45. The van der Waals surface area contributed by atoms with Gasteiger partial charge in [0.1, 0.15) is 11.5 Å². The first-order valence-corrected chi connectivity index (χ1v) is 13.7. The van der Waals surface area contributed by atoms with Crippen molar-refractivity contribution < 1.29 is 19.5 Å². The van der Waals surface area contributed by atoms with Crippen LogP contribution in [-0.2, 0) is 10.2 Å². The normalized spacial score (nSPS) is 15.8. The van der Waals surface area contributed by atoms with Crippen LogP contribution in [0.4, 0.5) is 15.7 Å². The number of piperidine rings is 1. The number of fused-ring (bicyclic) bond motifs is 1. The van der Waals surface area contributed by atoms with Gasteiger partial charge in [-0.25, -0.2) is 19.6 Å². The lowest BCUT2D eigenvalue weighted by atomic mass is 9.93. The molecule has 0 aliphatic carbocycles. The maximum atomic E-state index is 13.5. The number of thiazole rings is 1. The highest BCUT2D eigenvalue weighted by Gasteiger charge is 2.26. The molecule has 1 unspecified atom stereocenters. The second-order valence-electron chi connectivity index (χ2n) is 10.8.